The summed E-state index contributed by atoms with van der Waals surface area (Å²) in [5.74, 6) is -0.174. The molecule has 1 rings (SSSR count). The fourth-order valence-corrected chi connectivity index (χ4v) is 1.03. The number of hydrogen-bond donors (Lipinski definition) is 2. The highest BCUT2D eigenvalue weighted by atomic mass is 16.1. The topological polar surface area (TPSA) is 68.0 Å². The molecule has 0 fully saturated rings. The minimum Gasteiger partial charge on any atom is -0.398 e. The number of nitrogens with one attached hydrogen (secondary N) is 1. The SMILES string of the molecule is CCNC(=O)c1cnc(C)cc1N. The molecule has 0 unspecified atom stereocenters. The van der Waals surface area contributed by atoms with Crippen molar-refractivity contribution in [2.45, 2.75) is 13.8 Å². The largest absolute Gasteiger partial charge is 0.398 e. The number of carbonyl (C=O) groups excluding carboxylic acids is 1. The fourth-order valence-electron chi connectivity index (χ4n) is 1.03. The third kappa shape index (κ3) is 2.18. The first-order valence-corrected chi connectivity index (χ1v) is 4.15. The molecule has 3 N–H and O–H groups in total. The molecule has 0 radical (unpaired) electrons. The first-order chi connectivity index (χ1) is 6.15. The first-order valence-electron chi connectivity index (χ1n) is 4.15. The normalized spacial score (nSPS) is 9.69. The lowest BCUT2D eigenvalue weighted by Crippen LogP contribution is -2.23. The van der Waals surface area contributed by atoms with Gasteiger partial charge in [-0.2, -0.15) is 0 Å². The second-order valence-corrected chi connectivity index (χ2v) is 2.77. The van der Waals surface area contributed by atoms with Crippen LogP contribution in [0.3, 0.4) is 0 Å². The van der Waals surface area contributed by atoms with Gasteiger partial charge in [-0.25, -0.2) is 0 Å². The Kier molecular flexibility index (Phi) is 2.84. The van der Waals surface area contributed by atoms with E-state index in [1.165, 1.54) is 6.20 Å². The van der Waals surface area contributed by atoms with Crippen molar-refractivity contribution < 1.29 is 4.79 Å². The van der Waals surface area contributed by atoms with Crippen LogP contribution in [0.1, 0.15) is 23.0 Å². The van der Waals surface area contributed by atoms with Crippen LogP contribution in [0.2, 0.25) is 0 Å². The van der Waals surface area contributed by atoms with Crippen LogP contribution in [0.5, 0.6) is 0 Å². The van der Waals surface area contributed by atoms with Gasteiger partial charge in [0.1, 0.15) is 0 Å². The molecular formula is C9H13N3O. The standard InChI is InChI=1S/C9H13N3O/c1-3-11-9(13)7-5-12-6(2)4-8(7)10/h4-5H,3H2,1-2H3,(H2,10,12)(H,11,13). The Morgan fingerprint density at radius 2 is 2.38 bits per heavy atom. The van der Waals surface area contributed by atoms with Crippen molar-refractivity contribution in [1.82, 2.24) is 10.3 Å². The Labute approximate surface area is 77.2 Å². The second-order valence-electron chi connectivity index (χ2n) is 2.77. The van der Waals surface area contributed by atoms with Crippen molar-refractivity contribution in [3.05, 3.63) is 23.5 Å². The molecule has 1 amide bonds. The van der Waals surface area contributed by atoms with Gasteiger partial charge < -0.3 is 11.1 Å². The van der Waals surface area contributed by atoms with Gasteiger partial charge in [-0.3, -0.25) is 9.78 Å². The lowest BCUT2D eigenvalue weighted by molar-refractivity contribution is 0.0956. The summed E-state index contributed by atoms with van der Waals surface area (Å²) in [5.41, 5.74) is 7.37. The third-order valence-corrected chi connectivity index (χ3v) is 1.65. The molecular weight excluding hydrogens is 166 g/mol. The van der Waals surface area contributed by atoms with E-state index in [0.29, 0.717) is 17.8 Å². The fraction of sp³-hybridized carbons (Fsp3) is 0.333. The molecule has 0 aliphatic rings. The Morgan fingerprint density at radius 1 is 1.69 bits per heavy atom. The number of carbonyl (C=O) groups is 1. The molecule has 70 valence electrons. The van der Waals surface area contributed by atoms with Gasteiger partial charge >= 0.3 is 0 Å². The number of nitrogens with two attached hydrogens (primary N) is 1. The maximum absolute atomic E-state index is 11.3. The van der Waals surface area contributed by atoms with Crippen LogP contribution in [0.15, 0.2) is 12.3 Å². The molecule has 0 atom stereocenters. The van der Waals surface area contributed by atoms with Gasteiger partial charge in [-0.15, -0.1) is 0 Å². The van der Waals surface area contributed by atoms with Crippen molar-refractivity contribution in [2.75, 3.05) is 12.3 Å². The highest BCUT2D eigenvalue weighted by Crippen LogP contribution is 2.10. The number of pyridine rings is 1. The Morgan fingerprint density at radius 3 is 2.92 bits per heavy atom. The summed E-state index contributed by atoms with van der Waals surface area (Å²) >= 11 is 0. The van der Waals surface area contributed by atoms with Crippen LogP contribution in [0.4, 0.5) is 5.69 Å². The minimum absolute atomic E-state index is 0.174. The van der Waals surface area contributed by atoms with Gasteiger partial charge in [-0.1, -0.05) is 0 Å². The van der Waals surface area contributed by atoms with E-state index in [-0.39, 0.29) is 5.91 Å². The van der Waals surface area contributed by atoms with Crippen molar-refractivity contribution in [3.63, 3.8) is 0 Å². The molecule has 1 heterocycles. The van der Waals surface area contributed by atoms with Gasteiger partial charge in [0.15, 0.2) is 0 Å². The number of nitrogen functional groups attached to an aromatic ring is 1. The molecule has 0 saturated heterocycles. The van der Waals surface area contributed by atoms with Crippen LogP contribution in [0.25, 0.3) is 0 Å². The number of aryl methyl sites for hydroxylation is 1. The summed E-state index contributed by atoms with van der Waals surface area (Å²) in [6.45, 7) is 4.28. The van der Waals surface area contributed by atoms with Crippen LogP contribution < -0.4 is 11.1 Å². The van der Waals surface area contributed by atoms with Crippen molar-refractivity contribution in [1.29, 1.82) is 0 Å². The number of amides is 1. The van der Waals surface area contributed by atoms with Crippen molar-refractivity contribution in [3.8, 4) is 0 Å². The van der Waals surface area contributed by atoms with Gasteiger partial charge in [0.25, 0.3) is 5.91 Å². The molecule has 4 nitrogen and oxygen atoms in total. The van der Waals surface area contributed by atoms with E-state index in [2.05, 4.69) is 10.3 Å². The molecule has 0 aromatic carbocycles. The molecule has 0 saturated carbocycles. The summed E-state index contributed by atoms with van der Waals surface area (Å²) in [5, 5.41) is 2.66. The van der Waals surface area contributed by atoms with Crippen LogP contribution >= 0.6 is 0 Å². The number of rotatable bonds is 2. The number of anilines is 1. The maximum atomic E-state index is 11.3. The monoisotopic (exact) mass is 179 g/mol. The van der Waals surface area contributed by atoms with Crippen molar-refractivity contribution in [2.24, 2.45) is 0 Å². The second kappa shape index (κ2) is 3.89. The molecule has 4 heteroatoms. The third-order valence-electron chi connectivity index (χ3n) is 1.65. The van der Waals surface area contributed by atoms with Crippen LogP contribution in [-0.2, 0) is 0 Å². The van der Waals surface area contributed by atoms with Gasteiger partial charge in [0.05, 0.1) is 5.56 Å². The van der Waals surface area contributed by atoms with E-state index < -0.39 is 0 Å². The lowest BCUT2D eigenvalue weighted by atomic mass is 10.2. The summed E-state index contributed by atoms with van der Waals surface area (Å²) in [6, 6.07) is 1.69. The number of nitrogens with zero attached hydrogens (tertiary/aromatic N) is 1. The Bertz CT molecular complexity index is 323. The first kappa shape index (κ1) is 9.51. The van der Waals surface area contributed by atoms with Gasteiger partial charge in [0, 0.05) is 24.1 Å². The predicted molar refractivity (Wildman–Crippen MR) is 51.4 cm³/mol. The average molecular weight is 179 g/mol. The molecule has 0 aliphatic heterocycles. The predicted octanol–water partition coefficient (Wildman–Crippen LogP) is 0.722. The van der Waals surface area contributed by atoms with Crippen LogP contribution in [0, 0.1) is 6.92 Å². The smallest absolute Gasteiger partial charge is 0.254 e. The summed E-state index contributed by atoms with van der Waals surface area (Å²) < 4.78 is 0. The minimum atomic E-state index is -0.174. The van der Waals surface area contributed by atoms with Crippen LogP contribution in [-0.4, -0.2) is 17.4 Å². The zero-order valence-corrected chi connectivity index (χ0v) is 7.79. The molecule has 0 bridgehead atoms. The van der Waals surface area contributed by atoms with E-state index in [4.69, 9.17) is 5.73 Å². The quantitative estimate of drug-likeness (QED) is 0.703. The zero-order chi connectivity index (χ0) is 9.84. The lowest BCUT2D eigenvalue weighted by Gasteiger charge is -2.05. The highest BCUT2D eigenvalue weighted by molar-refractivity contribution is 5.98. The molecule has 1 aromatic rings. The highest BCUT2D eigenvalue weighted by Gasteiger charge is 2.08. The van der Waals surface area contributed by atoms with E-state index in [1.54, 1.807) is 6.07 Å². The Balaban J connectivity index is 2.95. The number of hydrogen-bond acceptors (Lipinski definition) is 3. The van der Waals surface area contributed by atoms with Crippen molar-refractivity contribution >= 4 is 11.6 Å². The summed E-state index contributed by atoms with van der Waals surface area (Å²) in [6.07, 6.45) is 1.50. The number of aromatic nitrogens is 1. The molecule has 1 aromatic heterocycles. The molecule has 0 spiro atoms. The summed E-state index contributed by atoms with van der Waals surface area (Å²) in [4.78, 5) is 15.3. The van der Waals surface area contributed by atoms with Gasteiger partial charge in [-0.05, 0) is 19.9 Å². The van der Waals surface area contributed by atoms with E-state index in [9.17, 15) is 4.79 Å². The van der Waals surface area contributed by atoms with Gasteiger partial charge in [0.2, 0.25) is 0 Å². The molecule has 0 aliphatic carbocycles. The Hall–Kier alpha value is -1.58. The van der Waals surface area contributed by atoms with E-state index in [0.717, 1.165) is 5.69 Å². The molecule has 13 heavy (non-hydrogen) atoms. The summed E-state index contributed by atoms with van der Waals surface area (Å²) in [7, 11) is 0. The average Bonchev–Trinajstić information content (AvgIpc) is 2.04. The van der Waals surface area contributed by atoms with E-state index in [1.807, 2.05) is 13.8 Å². The maximum Gasteiger partial charge on any atom is 0.254 e. The zero-order valence-electron chi connectivity index (χ0n) is 7.79. The van der Waals surface area contributed by atoms with E-state index >= 15 is 0 Å².